The van der Waals surface area contributed by atoms with Crippen molar-refractivity contribution < 1.29 is 4.74 Å². The first-order chi connectivity index (χ1) is 7.11. The summed E-state index contributed by atoms with van der Waals surface area (Å²) >= 11 is 0. The molecule has 1 saturated carbocycles. The van der Waals surface area contributed by atoms with E-state index in [1.54, 1.807) is 0 Å². The molecule has 88 valence electrons. The minimum absolute atomic E-state index is 0.176. The van der Waals surface area contributed by atoms with Crippen molar-refractivity contribution in [3.8, 4) is 0 Å². The van der Waals surface area contributed by atoms with Gasteiger partial charge in [-0.05, 0) is 39.0 Å². The minimum atomic E-state index is 0.176. The molecule has 0 bridgehead atoms. The molecule has 1 aliphatic heterocycles. The van der Waals surface area contributed by atoms with Gasteiger partial charge in [0.15, 0.2) is 0 Å². The van der Waals surface area contributed by atoms with Crippen molar-refractivity contribution in [1.29, 1.82) is 0 Å². The van der Waals surface area contributed by atoms with Crippen molar-refractivity contribution in [2.45, 2.75) is 70.6 Å². The molecule has 1 N–H and O–H groups in total. The second-order valence-electron chi connectivity index (χ2n) is 5.95. The Morgan fingerprint density at radius 3 is 2.87 bits per heavy atom. The molecule has 2 rings (SSSR count). The van der Waals surface area contributed by atoms with Gasteiger partial charge in [-0.3, -0.25) is 0 Å². The molecule has 1 aliphatic carbocycles. The highest BCUT2D eigenvalue weighted by Gasteiger charge is 2.38. The summed E-state index contributed by atoms with van der Waals surface area (Å²) in [4.78, 5) is 0. The van der Waals surface area contributed by atoms with Gasteiger partial charge in [-0.25, -0.2) is 0 Å². The first-order valence-corrected chi connectivity index (χ1v) is 6.50. The van der Waals surface area contributed by atoms with E-state index in [1.807, 2.05) is 0 Å². The molecule has 1 saturated heterocycles. The topological polar surface area (TPSA) is 21.3 Å². The minimum Gasteiger partial charge on any atom is -0.375 e. The Balaban J connectivity index is 1.92. The molecular weight excluding hydrogens is 186 g/mol. The molecular formula is C13H25NO. The summed E-state index contributed by atoms with van der Waals surface area (Å²) in [5.41, 5.74) is 0.176. The molecule has 2 heteroatoms. The molecule has 0 radical (unpaired) electrons. The quantitative estimate of drug-likeness (QED) is 0.758. The zero-order valence-corrected chi connectivity index (χ0v) is 10.4. The number of ether oxygens (including phenoxy) is 1. The standard InChI is InChI=1S/C13H25NO/c1-4-5-10-6-7-12-11(8-10)14-13(2,3)9-15-12/h10-12,14H,4-9H2,1-3H3. The third-order valence-corrected chi connectivity index (χ3v) is 3.83. The van der Waals surface area contributed by atoms with Crippen LogP contribution in [0.25, 0.3) is 0 Å². The van der Waals surface area contributed by atoms with Gasteiger partial charge in [0, 0.05) is 11.6 Å². The molecule has 1 heterocycles. The van der Waals surface area contributed by atoms with Gasteiger partial charge in [0.1, 0.15) is 0 Å². The summed E-state index contributed by atoms with van der Waals surface area (Å²) in [5.74, 6) is 0.932. The molecule has 3 unspecified atom stereocenters. The van der Waals surface area contributed by atoms with Gasteiger partial charge in [-0.15, -0.1) is 0 Å². The number of morpholine rings is 1. The van der Waals surface area contributed by atoms with Gasteiger partial charge in [0.25, 0.3) is 0 Å². The molecule has 0 amide bonds. The molecule has 15 heavy (non-hydrogen) atoms. The Morgan fingerprint density at radius 2 is 2.13 bits per heavy atom. The van der Waals surface area contributed by atoms with E-state index < -0.39 is 0 Å². The molecule has 0 aromatic heterocycles. The molecule has 3 atom stereocenters. The van der Waals surface area contributed by atoms with Gasteiger partial charge in [0.2, 0.25) is 0 Å². The number of nitrogens with one attached hydrogen (secondary N) is 1. The van der Waals surface area contributed by atoms with Crippen molar-refractivity contribution in [3.63, 3.8) is 0 Å². The Morgan fingerprint density at radius 1 is 1.33 bits per heavy atom. The average molecular weight is 211 g/mol. The van der Waals surface area contributed by atoms with Gasteiger partial charge in [0.05, 0.1) is 12.7 Å². The van der Waals surface area contributed by atoms with Crippen LogP contribution in [0.2, 0.25) is 0 Å². The van der Waals surface area contributed by atoms with Gasteiger partial charge in [-0.2, -0.15) is 0 Å². The predicted molar refractivity (Wildman–Crippen MR) is 63.0 cm³/mol. The fourth-order valence-electron chi connectivity index (χ4n) is 3.11. The van der Waals surface area contributed by atoms with Gasteiger partial charge >= 0.3 is 0 Å². The third kappa shape index (κ3) is 2.73. The zero-order chi connectivity index (χ0) is 10.9. The summed E-state index contributed by atoms with van der Waals surface area (Å²) < 4.78 is 5.96. The Hall–Kier alpha value is -0.0800. The summed E-state index contributed by atoms with van der Waals surface area (Å²) in [5, 5.41) is 3.76. The maximum Gasteiger partial charge on any atom is 0.0729 e. The van der Waals surface area contributed by atoms with Crippen LogP contribution in [-0.2, 0) is 4.74 Å². The molecule has 2 nitrogen and oxygen atoms in total. The second-order valence-corrected chi connectivity index (χ2v) is 5.95. The normalized spacial score (nSPS) is 39.8. The van der Waals surface area contributed by atoms with Crippen molar-refractivity contribution in [3.05, 3.63) is 0 Å². The van der Waals surface area contributed by atoms with E-state index in [0.29, 0.717) is 12.1 Å². The van der Waals surface area contributed by atoms with E-state index in [0.717, 1.165) is 12.5 Å². The first kappa shape index (κ1) is 11.4. The SMILES string of the molecule is CCCC1CCC2OCC(C)(C)NC2C1. The highest BCUT2D eigenvalue weighted by Crippen LogP contribution is 2.33. The number of rotatable bonds is 2. The number of fused-ring (bicyclic) bond motifs is 1. The third-order valence-electron chi connectivity index (χ3n) is 3.83. The highest BCUT2D eigenvalue weighted by atomic mass is 16.5. The predicted octanol–water partition coefficient (Wildman–Crippen LogP) is 2.72. The summed E-state index contributed by atoms with van der Waals surface area (Å²) in [6.45, 7) is 7.65. The lowest BCUT2D eigenvalue weighted by Gasteiger charge is -2.46. The molecule has 0 aromatic carbocycles. The van der Waals surface area contributed by atoms with Crippen LogP contribution in [0.1, 0.15) is 52.9 Å². The molecule has 0 spiro atoms. The van der Waals surface area contributed by atoms with Crippen LogP contribution in [0.5, 0.6) is 0 Å². The largest absolute Gasteiger partial charge is 0.375 e. The Kier molecular flexibility index (Phi) is 3.36. The summed E-state index contributed by atoms with van der Waals surface area (Å²) in [6, 6.07) is 0.610. The maximum absolute atomic E-state index is 5.96. The Labute approximate surface area is 93.8 Å². The Bertz CT molecular complexity index is 215. The van der Waals surface area contributed by atoms with E-state index in [9.17, 15) is 0 Å². The van der Waals surface area contributed by atoms with Gasteiger partial charge < -0.3 is 10.1 Å². The fourth-order valence-corrected chi connectivity index (χ4v) is 3.11. The highest BCUT2D eigenvalue weighted by molar-refractivity contribution is 4.95. The lowest BCUT2D eigenvalue weighted by Crippen LogP contribution is -2.61. The fraction of sp³-hybridized carbons (Fsp3) is 1.00. The van der Waals surface area contributed by atoms with Crippen molar-refractivity contribution in [2.24, 2.45) is 5.92 Å². The lowest BCUT2D eigenvalue weighted by atomic mass is 9.79. The zero-order valence-electron chi connectivity index (χ0n) is 10.4. The molecule has 0 aromatic rings. The average Bonchev–Trinajstić information content (AvgIpc) is 2.16. The van der Waals surface area contributed by atoms with Crippen LogP contribution in [0, 0.1) is 5.92 Å². The van der Waals surface area contributed by atoms with Crippen molar-refractivity contribution in [1.82, 2.24) is 5.32 Å². The number of hydrogen-bond acceptors (Lipinski definition) is 2. The van der Waals surface area contributed by atoms with Crippen molar-refractivity contribution in [2.75, 3.05) is 6.61 Å². The second kappa shape index (κ2) is 4.42. The van der Waals surface area contributed by atoms with Crippen LogP contribution < -0.4 is 5.32 Å². The summed E-state index contributed by atoms with van der Waals surface area (Å²) in [6.07, 6.45) is 7.17. The van der Waals surface area contributed by atoms with Crippen LogP contribution >= 0.6 is 0 Å². The lowest BCUT2D eigenvalue weighted by molar-refractivity contribution is -0.0767. The number of hydrogen-bond donors (Lipinski definition) is 1. The van der Waals surface area contributed by atoms with E-state index in [4.69, 9.17) is 4.74 Å². The van der Waals surface area contributed by atoms with E-state index in [1.165, 1.54) is 32.1 Å². The maximum atomic E-state index is 5.96. The van der Waals surface area contributed by atoms with E-state index in [2.05, 4.69) is 26.1 Å². The van der Waals surface area contributed by atoms with E-state index >= 15 is 0 Å². The van der Waals surface area contributed by atoms with Crippen LogP contribution in [0.15, 0.2) is 0 Å². The van der Waals surface area contributed by atoms with Crippen LogP contribution in [-0.4, -0.2) is 24.3 Å². The monoisotopic (exact) mass is 211 g/mol. The molecule has 2 fully saturated rings. The van der Waals surface area contributed by atoms with Gasteiger partial charge in [-0.1, -0.05) is 19.8 Å². The molecule has 2 aliphatic rings. The smallest absolute Gasteiger partial charge is 0.0729 e. The van der Waals surface area contributed by atoms with Crippen LogP contribution in [0.3, 0.4) is 0 Å². The van der Waals surface area contributed by atoms with E-state index in [-0.39, 0.29) is 5.54 Å². The first-order valence-electron chi connectivity index (χ1n) is 6.50. The summed E-state index contributed by atoms with van der Waals surface area (Å²) in [7, 11) is 0. The van der Waals surface area contributed by atoms with Crippen molar-refractivity contribution >= 4 is 0 Å². The van der Waals surface area contributed by atoms with Crippen LogP contribution in [0.4, 0.5) is 0 Å².